The largest absolute Gasteiger partial charge is 0.323 e. The highest BCUT2D eigenvalue weighted by Crippen LogP contribution is 2.16. The van der Waals surface area contributed by atoms with Crippen LogP contribution in [0.4, 0.5) is 5.69 Å². The van der Waals surface area contributed by atoms with E-state index in [4.69, 9.17) is 0 Å². The molecule has 88 valence electrons. The lowest BCUT2D eigenvalue weighted by Gasteiger charge is -2.08. The molecule has 1 fully saturated rings. The van der Waals surface area contributed by atoms with Gasteiger partial charge in [0.25, 0.3) is 0 Å². The van der Waals surface area contributed by atoms with Crippen LogP contribution in [0.15, 0.2) is 6.20 Å². The van der Waals surface area contributed by atoms with E-state index in [-0.39, 0.29) is 11.8 Å². The Morgan fingerprint density at radius 1 is 1.75 bits per heavy atom. The Labute approximate surface area is 95.2 Å². The van der Waals surface area contributed by atoms with Crippen LogP contribution < -0.4 is 10.6 Å². The number of nitrogens with zero attached hydrogens (tertiary/aromatic N) is 2. The molecule has 1 aliphatic rings. The van der Waals surface area contributed by atoms with Crippen molar-refractivity contribution in [1.29, 1.82) is 0 Å². The van der Waals surface area contributed by atoms with Crippen LogP contribution in [-0.2, 0) is 11.3 Å². The number of anilines is 1. The van der Waals surface area contributed by atoms with Gasteiger partial charge < -0.3 is 10.6 Å². The molecule has 5 heteroatoms. The third-order valence-corrected chi connectivity index (χ3v) is 2.96. The zero-order valence-corrected chi connectivity index (χ0v) is 9.79. The van der Waals surface area contributed by atoms with Gasteiger partial charge in [0.15, 0.2) is 0 Å². The molecule has 0 spiro atoms. The molecular formula is C11H18N4O. The maximum Gasteiger partial charge on any atom is 0.228 e. The first-order chi connectivity index (χ1) is 7.70. The van der Waals surface area contributed by atoms with Gasteiger partial charge in [-0.25, -0.2) is 0 Å². The Bertz CT molecular complexity index is 379. The maximum absolute atomic E-state index is 11.9. The van der Waals surface area contributed by atoms with Crippen LogP contribution in [0.25, 0.3) is 0 Å². The Kier molecular flexibility index (Phi) is 3.24. The van der Waals surface area contributed by atoms with Crippen molar-refractivity contribution in [3.8, 4) is 0 Å². The lowest BCUT2D eigenvalue weighted by Crippen LogP contribution is -2.24. The molecule has 1 amide bonds. The fourth-order valence-electron chi connectivity index (χ4n) is 1.92. The van der Waals surface area contributed by atoms with E-state index in [1.807, 2.05) is 24.7 Å². The first-order valence-corrected chi connectivity index (χ1v) is 5.76. The first-order valence-electron chi connectivity index (χ1n) is 5.76. The Morgan fingerprint density at radius 2 is 2.56 bits per heavy atom. The summed E-state index contributed by atoms with van der Waals surface area (Å²) in [4.78, 5) is 11.9. The molecule has 16 heavy (non-hydrogen) atoms. The summed E-state index contributed by atoms with van der Waals surface area (Å²) in [5, 5.41) is 10.4. The molecule has 1 aromatic heterocycles. The van der Waals surface area contributed by atoms with E-state index in [9.17, 15) is 4.79 Å². The summed E-state index contributed by atoms with van der Waals surface area (Å²) in [6.07, 6.45) is 2.81. The van der Waals surface area contributed by atoms with Crippen molar-refractivity contribution in [3.63, 3.8) is 0 Å². The van der Waals surface area contributed by atoms with Gasteiger partial charge in [-0.15, -0.1) is 0 Å². The number of carbonyl (C=O) groups excluding carboxylic acids is 1. The minimum Gasteiger partial charge on any atom is -0.323 e. The predicted molar refractivity (Wildman–Crippen MR) is 62.2 cm³/mol. The van der Waals surface area contributed by atoms with Crippen LogP contribution in [0.1, 0.15) is 19.0 Å². The third kappa shape index (κ3) is 2.24. The second-order valence-corrected chi connectivity index (χ2v) is 4.16. The van der Waals surface area contributed by atoms with Crippen LogP contribution in [0.3, 0.4) is 0 Å². The predicted octanol–water partition coefficient (Wildman–Crippen LogP) is 0.759. The molecule has 0 aliphatic carbocycles. The fourth-order valence-corrected chi connectivity index (χ4v) is 1.92. The average Bonchev–Trinajstić information content (AvgIpc) is 2.88. The molecule has 1 saturated heterocycles. The summed E-state index contributed by atoms with van der Waals surface area (Å²) in [7, 11) is 0. The summed E-state index contributed by atoms with van der Waals surface area (Å²) < 4.78 is 1.83. The molecule has 2 rings (SSSR count). The van der Waals surface area contributed by atoms with Crippen LogP contribution in [0.5, 0.6) is 0 Å². The van der Waals surface area contributed by atoms with Crippen molar-refractivity contribution >= 4 is 11.6 Å². The van der Waals surface area contributed by atoms with Crippen molar-refractivity contribution in [2.45, 2.75) is 26.8 Å². The van der Waals surface area contributed by atoms with Gasteiger partial charge in [-0.05, 0) is 26.8 Å². The summed E-state index contributed by atoms with van der Waals surface area (Å²) in [5.41, 5.74) is 1.71. The van der Waals surface area contributed by atoms with Gasteiger partial charge >= 0.3 is 0 Å². The van der Waals surface area contributed by atoms with E-state index >= 15 is 0 Å². The highest BCUT2D eigenvalue weighted by atomic mass is 16.1. The highest BCUT2D eigenvalue weighted by Gasteiger charge is 2.23. The minimum absolute atomic E-state index is 0.101. The molecule has 5 nitrogen and oxygen atoms in total. The molecule has 0 radical (unpaired) electrons. The Hall–Kier alpha value is -1.36. The van der Waals surface area contributed by atoms with Crippen molar-refractivity contribution in [2.75, 3.05) is 18.4 Å². The number of carbonyl (C=O) groups is 1. The molecule has 0 aromatic carbocycles. The fraction of sp³-hybridized carbons (Fsp3) is 0.636. The lowest BCUT2D eigenvalue weighted by atomic mass is 10.1. The van der Waals surface area contributed by atoms with Crippen molar-refractivity contribution in [2.24, 2.45) is 5.92 Å². The van der Waals surface area contributed by atoms with E-state index in [1.165, 1.54) is 0 Å². The van der Waals surface area contributed by atoms with E-state index in [0.717, 1.165) is 37.4 Å². The summed E-state index contributed by atoms with van der Waals surface area (Å²) >= 11 is 0. The minimum atomic E-state index is 0.101. The number of aryl methyl sites for hydroxylation is 2. The summed E-state index contributed by atoms with van der Waals surface area (Å²) in [5.74, 6) is 0.202. The zero-order valence-electron chi connectivity index (χ0n) is 9.79. The quantitative estimate of drug-likeness (QED) is 0.793. The van der Waals surface area contributed by atoms with Gasteiger partial charge in [0.2, 0.25) is 5.91 Å². The summed E-state index contributed by atoms with van der Waals surface area (Å²) in [6, 6.07) is 0. The van der Waals surface area contributed by atoms with Gasteiger partial charge in [-0.3, -0.25) is 9.48 Å². The smallest absolute Gasteiger partial charge is 0.228 e. The van der Waals surface area contributed by atoms with Gasteiger partial charge in [-0.1, -0.05) is 0 Å². The number of nitrogens with one attached hydrogen (secondary N) is 2. The van der Waals surface area contributed by atoms with Gasteiger partial charge in [0, 0.05) is 19.3 Å². The van der Waals surface area contributed by atoms with Crippen LogP contribution in [-0.4, -0.2) is 28.8 Å². The van der Waals surface area contributed by atoms with E-state index in [2.05, 4.69) is 15.7 Å². The normalized spacial score (nSPS) is 20.0. The molecule has 2 heterocycles. The second-order valence-electron chi connectivity index (χ2n) is 4.16. The molecule has 1 atom stereocenters. The number of hydrogen-bond acceptors (Lipinski definition) is 3. The molecule has 0 unspecified atom stereocenters. The highest BCUT2D eigenvalue weighted by molar-refractivity contribution is 5.93. The standard InChI is InChI=1S/C11H18N4O/c1-3-15-7-10(8(2)14-15)13-11(16)9-4-5-12-6-9/h7,9,12H,3-6H2,1-2H3,(H,13,16)/t9-/m0/s1. The van der Waals surface area contributed by atoms with Crippen molar-refractivity contribution in [1.82, 2.24) is 15.1 Å². The first kappa shape index (κ1) is 11.1. The SMILES string of the molecule is CCn1cc(NC(=O)[C@H]2CCNC2)c(C)n1. The van der Waals surface area contributed by atoms with Gasteiger partial charge in [-0.2, -0.15) is 5.10 Å². The molecule has 0 saturated carbocycles. The van der Waals surface area contributed by atoms with Crippen LogP contribution in [0, 0.1) is 12.8 Å². The number of aromatic nitrogens is 2. The second kappa shape index (κ2) is 4.65. The zero-order chi connectivity index (χ0) is 11.5. The van der Waals surface area contributed by atoms with Gasteiger partial charge in [0.1, 0.15) is 0 Å². The van der Waals surface area contributed by atoms with Crippen molar-refractivity contribution in [3.05, 3.63) is 11.9 Å². The van der Waals surface area contributed by atoms with Crippen LogP contribution >= 0.6 is 0 Å². The maximum atomic E-state index is 11.9. The topological polar surface area (TPSA) is 59.0 Å². The third-order valence-electron chi connectivity index (χ3n) is 2.96. The Balaban J connectivity index is 2.02. The van der Waals surface area contributed by atoms with Crippen molar-refractivity contribution < 1.29 is 4.79 Å². The van der Waals surface area contributed by atoms with Crippen LogP contribution in [0.2, 0.25) is 0 Å². The van der Waals surface area contributed by atoms with Gasteiger partial charge in [0.05, 0.1) is 17.3 Å². The Morgan fingerprint density at radius 3 is 3.12 bits per heavy atom. The lowest BCUT2D eigenvalue weighted by molar-refractivity contribution is -0.119. The molecule has 2 N–H and O–H groups in total. The molecule has 1 aromatic rings. The van der Waals surface area contributed by atoms with E-state index in [0.29, 0.717) is 0 Å². The summed E-state index contributed by atoms with van der Waals surface area (Å²) in [6.45, 7) is 6.48. The molecular weight excluding hydrogens is 204 g/mol. The average molecular weight is 222 g/mol. The molecule has 1 aliphatic heterocycles. The number of hydrogen-bond donors (Lipinski definition) is 2. The van der Waals surface area contributed by atoms with E-state index < -0.39 is 0 Å². The van der Waals surface area contributed by atoms with E-state index in [1.54, 1.807) is 0 Å². The number of amides is 1. The molecule has 0 bridgehead atoms. The number of rotatable bonds is 3. The monoisotopic (exact) mass is 222 g/mol.